The van der Waals surface area contributed by atoms with Gasteiger partial charge in [-0.25, -0.2) is 18.0 Å². The van der Waals surface area contributed by atoms with Crippen molar-refractivity contribution in [3.63, 3.8) is 0 Å². The van der Waals surface area contributed by atoms with Crippen molar-refractivity contribution in [1.29, 1.82) is 0 Å². The molecule has 0 saturated carbocycles. The van der Waals surface area contributed by atoms with Crippen molar-refractivity contribution in [2.75, 3.05) is 24.6 Å². The lowest BCUT2D eigenvalue weighted by molar-refractivity contribution is -0.138. The van der Waals surface area contributed by atoms with Crippen LogP contribution in [0.4, 0.5) is 5.69 Å². The van der Waals surface area contributed by atoms with Gasteiger partial charge in [0.1, 0.15) is 4.90 Å². The van der Waals surface area contributed by atoms with E-state index in [9.17, 15) is 18.0 Å². The number of ether oxygens (including phenoxy) is 2. The normalized spacial score (nSPS) is 13.4. The van der Waals surface area contributed by atoms with Gasteiger partial charge in [0, 0.05) is 0 Å². The highest BCUT2D eigenvalue weighted by Crippen LogP contribution is 2.34. The Morgan fingerprint density at radius 3 is 2.43 bits per heavy atom. The van der Waals surface area contributed by atoms with Gasteiger partial charge in [-0.1, -0.05) is 30.3 Å². The summed E-state index contributed by atoms with van der Waals surface area (Å²) in [6, 6.07) is 12.6. The number of methoxy groups -OCH3 is 1. The molecule has 0 fully saturated rings. The minimum atomic E-state index is -4.16. The molecular formula is C20H19NO6S. The number of hydrogen-bond acceptors (Lipinski definition) is 6. The number of carbonyl (C=O) groups excluding carboxylic acids is 2. The minimum absolute atomic E-state index is 0.0743. The molecule has 0 radical (unpaired) electrons. The molecule has 0 spiro atoms. The molecule has 2 aromatic rings. The van der Waals surface area contributed by atoms with Crippen molar-refractivity contribution in [3.05, 3.63) is 65.2 Å². The molecule has 0 amide bonds. The third kappa shape index (κ3) is 3.50. The van der Waals surface area contributed by atoms with Crippen LogP contribution in [-0.2, 0) is 24.3 Å². The molecule has 1 heterocycles. The standard InChI is InChI=1S/C20H19NO6S/c1-3-27-19(22)15-12-14-8-4-6-10-17(14)21(13-15)28(24,25)18-11-7-5-9-16(18)20(23)26-2/h4-12H,3,13H2,1-2H3. The maximum Gasteiger partial charge on any atom is 0.339 e. The lowest BCUT2D eigenvalue weighted by atomic mass is 10.0. The first kappa shape index (κ1) is 19.6. The van der Waals surface area contributed by atoms with Crippen LogP contribution in [0.15, 0.2) is 59.0 Å². The van der Waals surface area contributed by atoms with Crippen molar-refractivity contribution < 1.29 is 27.5 Å². The molecule has 1 aliphatic rings. The second-order valence-electron chi connectivity index (χ2n) is 5.95. The lowest BCUT2D eigenvalue weighted by Crippen LogP contribution is -2.37. The molecule has 0 aliphatic carbocycles. The largest absolute Gasteiger partial charge is 0.465 e. The summed E-state index contributed by atoms with van der Waals surface area (Å²) in [5, 5.41) is 0. The fourth-order valence-corrected chi connectivity index (χ4v) is 4.61. The van der Waals surface area contributed by atoms with Gasteiger partial charge in [-0.15, -0.1) is 0 Å². The van der Waals surface area contributed by atoms with E-state index in [0.29, 0.717) is 11.3 Å². The molecule has 0 aromatic heterocycles. The maximum absolute atomic E-state index is 13.5. The number of esters is 2. The van der Waals surface area contributed by atoms with Crippen molar-refractivity contribution >= 4 is 33.7 Å². The van der Waals surface area contributed by atoms with Crippen LogP contribution in [0.3, 0.4) is 0 Å². The van der Waals surface area contributed by atoms with Crippen LogP contribution >= 0.6 is 0 Å². The monoisotopic (exact) mass is 401 g/mol. The highest BCUT2D eigenvalue weighted by Gasteiger charge is 2.34. The number of nitrogens with zero attached hydrogens (tertiary/aromatic N) is 1. The first-order valence-electron chi connectivity index (χ1n) is 8.57. The van der Waals surface area contributed by atoms with Crippen LogP contribution in [0.25, 0.3) is 6.08 Å². The molecule has 28 heavy (non-hydrogen) atoms. The van der Waals surface area contributed by atoms with E-state index in [4.69, 9.17) is 9.47 Å². The van der Waals surface area contributed by atoms with E-state index in [1.54, 1.807) is 43.3 Å². The molecule has 146 valence electrons. The lowest BCUT2D eigenvalue weighted by Gasteiger charge is -2.30. The van der Waals surface area contributed by atoms with Gasteiger partial charge < -0.3 is 9.47 Å². The number of para-hydroxylation sites is 1. The second-order valence-corrected chi connectivity index (χ2v) is 7.78. The first-order valence-corrected chi connectivity index (χ1v) is 10.0. The SMILES string of the molecule is CCOC(=O)C1=Cc2ccccc2N(S(=O)(=O)c2ccccc2C(=O)OC)C1. The summed E-state index contributed by atoms with van der Waals surface area (Å²) in [5.41, 5.74) is 1.11. The number of carbonyl (C=O) groups is 2. The van der Waals surface area contributed by atoms with Crippen LogP contribution in [-0.4, -0.2) is 40.6 Å². The molecule has 7 nitrogen and oxygen atoms in total. The minimum Gasteiger partial charge on any atom is -0.465 e. The van der Waals surface area contributed by atoms with Gasteiger partial charge in [0.2, 0.25) is 0 Å². The van der Waals surface area contributed by atoms with E-state index in [1.165, 1.54) is 25.3 Å². The smallest absolute Gasteiger partial charge is 0.339 e. The topological polar surface area (TPSA) is 90.0 Å². The van der Waals surface area contributed by atoms with E-state index in [0.717, 1.165) is 4.31 Å². The third-order valence-corrected chi connectivity index (χ3v) is 6.07. The number of sulfonamides is 1. The van der Waals surface area contributed by atoms with Crippen LogP contribution in [0.5, 0.6) is 0 Å². The number of benzene rings is 2. The van der Waals surface area contributed by atoms with E-state index >= 15 is 0 Å². The zero-order valence-electron chi connectivity index (χ0n) is 15.4. The molecule has 2 aromatic carbocycles. The molecule has 3 rings (SSSR count). The van der Waals surface area contributed by atoms with Crippen molar-refractivity contribution in [2.45, 2.75) is 11.8 Å². The zero-order valence-corrected chi connectivity index (χ0v) is 16.2. The summed E-state index contributed by atoms with van der Waals surface area (Å²) in [6.45, 7) is 1.65. The van der Waals surface area contributed by atoms with Crippen LogP contribution in [0, 0.1) is 0 Å². The summed E-state index contributed by atoms with van der Waals surface area (Å²) >= 11 is 0. The van der Waals surface area contributed by atoms with Crippen LogP contribution in [0.2, 0.25) is 0 Å². The zero-order chi connectivity index (χ0) is 20.3. The van der Waals surface area contributed by atoms with Gasteiger partial charge >= 0.3 is 11.9 Å². The van der Waals surface area contributed by atoms with Gasteiger partial charge in [-0.05, 0) is 36.8 Å². The van der Waals surface area contributed by atoms with E-state index < -0.39 is 22.0 Å². The number of hydrogen-bond donors (Lipinski definition) is 0. The first-order chi connectivity index (χ1) is 13.4. The maximum atomic E-state index is 13.5. The Morgan fingerprint density at radius 1 is 1.04 bits per heavy atom. The van der Waals surface area contributed by atoms with E-state index in [-0.39, 0.29) is 29.2 Å². The fourth-order valence-electron chi connectivity index (χ4n) is 2.96. The van der Waals surface area contributed by atoms with Crippen LogP contribution < -0.4 is 4.31 Å². The Morgan fingerprint density at radius 2 is 1.71 bits per heavy atom. The average molecular weight is 401 g/mol. The van der Waals surface area contributed by atoms with Crippen molar-refractivity contribution in [3.8, 4) is 0 Å². The predicted octanol–water partition coefficient (Wildman–Crippen LogP) is 2.63. The molecule has 8 heteroatoms. The summed E-state index contributed by atoms with van der Waals surface area (Å²) in [5.74, 6) is -1.34. The van der Waals surface area contributed by atoms with Crippen molar-refractivity contribution in [2.24, 2.45) is 0 Å². The molecule has 0 unspecified atom stereocenters. The Labute approximate surface area is 163 Å². The highest BCUT2D eigenvalue weighted by atomic mass is 32.2. The van der Waals surface area contributed by atoms with Crippen molar-refractivity contribution in [1.82, 2.24) is 0 Å². The fraction of sp³-hybridized carbons (Fsp3) is 0.200. The average Bonchev–Trinajstić information content (AvgIpc) is 2.72. The molecule has 0 bridgehead atoms. The van der Waals surface area contributed by atoms with E-state index in [2.05, 4.69) is 0 Å². The number of anilines is 1. The summed E-state index contributed by atoms with van der Waals surface area (Å²) in [6.07, 6.45) is 1.62. The molecular weight excluding hydrogens is 382 g/mol. The highest BCUT2D eigenvalue weighted by molar-refractivity contribution is 7.93. The van der Waals surface area contributed by atoms with Gasteiger partial charge in [0.15, 0.2) is 0 Å². The van der Waals surface area contributed by atoms with Gasteiger partial charge in [-0.3, -0.25) is 4.31 Å². The number of rotatable bonds is 5. The van der Waals surface area contributed by atoms with Gasteiger partial charge in [-0.2, -0.15) is 0 Å². The molecule has 0 saturated heterocycles. The van der Waals surface area contributed by atoms with Crippen LogP contribution in [0.1, 0.15) is 22.8 Å². The van der Waals surface area contributed by atoms with E-state index in [1.807, 2.05) is 0 Å². The predicted molar refractivity (Wildman–Crippen MR) is 103 cm³/mol. The summed E-state index contributed by atoms with van der Waals surface area (Å²) in [7, 11) is -2.97. The summed E-state index contributed by atoms with van der Waals surface area (Å²) in [4.78, 5) is 24.1. The second kappa shape index (κ2) is 7.85. The third-order valence-electron chi connectivity index (χ3n) is 4.25. The Balaban J connectivity index is 2.14. The Hall–Kier alpha value is -3.13. The van der Waals surface area contributed by atoms with Gasteiger partial charge in [0.05, 0.1) is 37.1 Å². The Bertz CT molecular complexity index is 1060. The number of fused-ring (bicyclic) bond motifs is 1. The molecule has 0 atom stereocenters. The molecule has 1 aliphatic heterocycles. The Kier molecular flexibility index (Phi) is 5.51. The molecule has 0 N–H and O–H groups in total. The van der Waals surface area contributed by atoms with Gasteiger partial charge in [0.25, 0.3) is 10.0 Å². The summed E-state index contributed by atoms with van der Waals surface area (Å²) < 4.78 is 37.8. The quantitative estimate of drug-likeness (QED) is 0.716.